The first-order valence-corrected chi connectivity index (χ1v) is 5.99. The first-order chi connectivity index (χ1) is 7.31. The van der Waals surface area contributed by atoms with Crippen LogP contribution in [0.5, 0.6) is 0 Å². The molecule has 0 aromatic carbocycles. The van der Waals surface area contributed by atoms with Crippen LogP contribution in [0.15, 0.2) is 40.0 Å². The molecule has 0 bridgehead atoms. The van der Waals surface area contributed by atoms with Crippen molar-refractivity contribution in [2.45, 2.75) is 19.8 Å². The molecular formula is C12H13NOS. The number of nitrogens with zero attached hydrogens (tertiary/aromatic N) is 1. The number of pyridine rings is 1. The summed E-state index contributed by atoms with van der Waals surface area (Å²) >= 11 is 1.60. The lowest BCUT2D eigenvalue weighted by Crippen LogP contribution is -2.16. The van der Waals surface area contributed by atoms with E-state index in [0.29, 0.717) is 0 Å². The van der Waals surface area contributed by atoms with Crippen molar-refractivity contribution in [3.05, 3.63) is 51.1 Å². The molecule has 0 aliphatic heterocycles. The summed E-state index contributed by atoms with van der Waals surface area (Å²) in [6.07, 6.45) is 4.06. The van der Waals surface area contributed by atoms with Crippen molar-refractivity contribution in [1.82, 2.24) is 4.57 Å². The number of aryl methyl sites for hydroxylation is 1. The number of hydrogen-bond donors (Lipinski definition) is 0. The third-order valence-corrected chi connectivity index (χ3v) is 2.97. The van der Waals surface area contributed by atoms with Gasteiger partial charge in [-0.1, -0.05) is 19.4 Å². The molecule has 2 nitrogen and oxygen atoms in total. The van der Waals surface area contributed by atoms with Crippen LogP contribution >= 0.6 is 11.3 Å². The zero-order chi connectivity index (χ0) is 10.7. The first-order valence-electron chi connectivity index (χ1n) is 5.05. The van der Waals surface area contributed by atoms with E-state index in [4.69, 9.17) is 0 Å². The molecule has 2 aromatic rings. The molecule has 0 atom stereocenters. The first kappa shape index (κ1) is 10.2. The number of rotatable bonds is 3. The van der Waals surface area contributed by atoms with Crippen molar-refractivity contribution in [3.8, 4) is 5.69 Å². The largest absolute Gasteiger partial charge is 0.283 e. The van der Waals surface area contributed by atoms with Crippen LogP contribution in [0.2, 0.25) is 0 Å². The van der Waals surface area contributed by atoms with Crippen molar-refractivity contribution >= 4 is 11.3 Å². The Balaban J connectivity index is 2.46. The second-order valence-corrected chi connectivity index (χ2v) is 4.26. The number of hydrogen-bond acceptors (Lipinski definition) is 2. The lowest BCUT2D eigenvalue weighted by atomic mass is 10.2. The molecule has 3 heteroatoms. The maximum absolute atomic E-state index is 11.6. The molecule has 0 aliphatic carbocycles. The topological polar surface area (TPSA) is 22.0 Å². The van der Waals surface area contributed by atoms with E-state index in [1.807, 2.05) is 29.1 Å². The number of thiophene rings is 1. The zero-order valence-corrected chi connectivity index (χ0v) is 9.46. The third-order valence-electron chi connectivity index (χ3n) is 2.30. The van der Waals surface area contributed by atoms with Crippen molar-refractivity contribution in [1.29, 1.82) is 0 Å². The summed E-state index contributed by atoms with van der Waals surface area (Å²) in [5, 5.41) is 3.96. The summed E-state index contributed by atoms with van der Waals surface area (Å²) in [4.78, 5) is 11.6. The van der Waals surface area contributed by atoms with Gasteiger partial charge in [-0.05, 0) is 23.4 Å². The van der Waals surface area contributed by atoms with E-state index in [1.165, 1.54) is 5.56 Å². The van der Waals surface area contributed by atoms with Crippen LogP contribution in [0.3, 0.4) is 0 Å². The van der Waals surface area contributed by atoms with E-state index in [9.17, 15) is 4.79 Å². The van der Waals surface area contributed by atoms with Gasteiger partial charge >= 0.3 is 0 Å². The van der Waals surface area contributed by atoms with Crippen molar-refractivity contribution in [3.63, 3.8) is 0 Å². The molecule has 78 valence electrons. The fourth-order valence-electron chi connectivity index (χ4n) is 1.56. The maximum atomic E-state index is 11.6. The maximum Gasteiger partial charge on any atom is 0.255 e. The minimum absolute atomic E-state index is 0.0354. The molecule has 2 rings (SSSR count). The Morgan fingerprint density at radius 3 is 2.87 bits per heavy atom. The van der Waals surface area contributed by atoms with Crippen LogP contribution in [0, 0.1) is 0 Å². The van der Waals surface area contributed by atoms with Crippen molar-refractivity contribution in [2.75, 3.05) is 0 Å². The van der Waals surface area contributed by atoms with Gasteiger partial charge < -0.3 is 0 Å². The Kier molecular flexibility index (Phi) is 3.02. The van der Waals surface area contributed by atoms with Crippen LogP contribution in [-0.4, -0.2) is 4.57 Å². The molecule has 2 aromatic heterocycles. The molecule has 0 fully saturated rings. The van der Waals surface area contributed by atoms with Crippen LogP contribution in [0.25, 0.3) is 5.69 Å². The van der Waals surface area contributed by atoms with Gasteiger partial charge in [0.1, 0.15) is 0 Å². The highest BCUT2D eigenvalue weighted by molar-refractivity contribution is 7.08. The molecule has 15 heavy (non-hydrogen) atoms. The van der Waals surface area contributed by atoms with E-state index < -0.39 is 0 Å². The Morgan fingerprint density at radius 1 is 1.33 bits per heavy atom. The molecule has 0 amide bonds. The minimum Gasteiger partial charge on any atom is -0.283 e. The van der Waals surface area contributed by atoms with Crippen molar-refractivity contribution in [2.24, 2.45) is 0 Å². The molecular weight excluding hydrogens is 206 g/mol. The molecule has 0 saturated heterocycles. The Morgan fingerprint density at radius 2 is 2.20 bits per heavy atom. The predicted octanol–water partition coefficient (Wildman–Crippen LogP) is 2.85. The molecule has 0 radical (unpaired) electrons. The number of aromatic nitrogens is 1. The molecule has 0 N–H and O–H groups in total. The summed E-state index contributed by atoms with van der Waals surface area (Å²) < 4.78 is 1.71. The average molecular weight is 219 g/mol. The smallest absolute Gasteiger partial charge is 0.255 e. The van der Waals surface area contributed by atoms with Gasteiger partial charge in [0.05, 0.1) is 5.69 Å². The second kappa shape index (κ2) is 4.45. The molecule has 0 unspecified atom stereocenters. The van der Waals surface area contributed by atoms with Gasteiger partial charge in [0.2, 0.25) is 0 Å². The quantitative estimate of drug-likeness (QED) is 0.778. The normalized spacial score (nSPS) is 10.5. The lowest BCUT2D eigenvalue weighted by molar-refractivity contribution is 0.884. The fraction of sp³-hybridized carbons (Fsp3) is 0.250. The van der Waals surface area contributed by atoms with Crippen LogP contribution in [0.4, 0.5) is 0 Å². The highest BCUT2D eigenvalue weighted by Crippen LogP contribution is 2.11. The predicted molar refractivity (Wildman–Crippen MR) is 63.9 cm³/mol. The molecule has 0 saturated carbocycles. The Labute approximate surface area is 92.8 Å². The highest BCUT2D eigenvalue weighted by Gasteiger charge is 2.00. The summed E-state index contributed by atoms with van der Waals surface area (Å²) in [5.74, 6) is 0. The Bertz CT molecular complexity index is 485. The van der Waals surface area contributed by atoms with Gasteiger partial charge in [0, 0.05) is 17.6 Å². The van der Waals surface area contributed by atoms with E-state index in [-0.39, 0.29) is 5.56 Å². The minimum atomic E-state index is 0.0354. The summed E-state index contributed by atoms with van der Waals surface area (Å²) in [7, 11) is 0. The highest BCUT2D eigenvalue weighted by atomic mass is 32.1. The SMILES string of the molecule is CCCc1ccc(=O)n(-c2ccsc2)c1. The van der Waals surface area contributed by atoms with Crippen LogP contribution in [0.1, 0.15) is 18.9 Å². The summed E-state index contributed by atoms with van der Waals surface area (Å²) in [6, 6.07) is 5.51. The van der Waals surface area contributed by atoms with E-state index in [2.05, 4.69) is 6.92 Å². The molecule has 0 aliphatic rings. The average Bonchev–Trinajstić information content (AvgIpc) is 2.74. The van der Waals surface area contributed by atoms with Crippen molar-refractivity contribution < 1.29 is 0 Å². The van der Waals surface area contributed by atoms with Crippen LogP contribution in [-0.2, 0) is 6.42 Å². The summed E-state index contributed by atoms with van der Waals surface area (Å²) in [5.41, 5.74) is 2.21. The van der Waals surface area contributed by atoms with Gasteiger partial charge in [0.25, 0.3) is 5.56 Å². The fourth-order valence-corrected chi connectivity index (χ4v) is 2.19. The van der Waals surface area contributed by atoms with Gasteiger partial charge in [-0.25, -0.2) is 0 Å². The third kappa shape index (κ3) is 2.18. The van der Waals surface area contributed by atoms with Gasteiger partial charge in [-0.15, -0.1) is 0 Å². The summed E-state index contributed by atoms with van der Waals surface area (Å²) in [6.45, 7) is 2.14. The standard InChI is InChI=1S/C12H13NOS/c1-2-3-10-4-5-12(14)13(8-10)11-6-7-15-9-11/h4-9H,2-3H2,1H3. The van der Waals surface area contributed by atoms with Gasteiger partial charge in [0.15, 0.2) is 0 Å². The van der Waals surface area contributed by atoms with Gasteiger partial charge in [-0.2, -0.15) is 11.3 Å². The lowest BCUT2D eigenvalue weighted by Gasteiger charge is -2.05. The zero-order valence-electron chi connectivity index (χ0n) is 8.64. The molecule has 0 spiro atoms. The van der Waals surface area contributed by atoms with E-state index in [0.717, 1.165) is 18.5 Å². The Hall–Kier alpha value is -1.35. The monoisotopic (exact) mass is 219 g/mol. The second-order valence-electron chi connectivity index (χ2n) is 3.48. The van der Waals surface area contributed by atoms with Gasteiger partial charge in [-0.3, -0.25) is 9.36 Å². The van der Waals surface area contributed by atoms with E-state index >= 15 is 0 Å². The van der Waals surface area contributed by atoms with Crippen LogP contribution < -0.4 is 5.56 Å². The van der Waals surface area contributed by atoms with E-state index in [1.54, 1.807) is 22.0 Å². The molecule has 2 heterocycles.